The van der Waals surface area contributed by atoms with Crippen molar-refractivity contribution in [1.82, 2.24) is 14.7 Å². The predicted octanol–water partition coefficient (Wildman–Crippen LogP) is 2.23. The second-order valence-corrected chi connectivity index (χ2v) is 6.58. The van der Waals surface area contributed by atoms with Crippen molar-refractivity contribution in [2.45, 2.75) is 38.0 Å². The summed E-state index contributed by atoms with van der Waals surface area (Å²) in [6.07, 6.45) is 5.34. The third-order valence-electron chi connectivity index (χ3n) is 2.41. The zero-order valence-electron chi connectivity index (χ0n) is 10.6. The maximum absolute atomic E-state index is 11.8. The summed E-state index contributed by atoms with van der Waals surface area (Å²) in [7, 11) is -3.51. The number of sulfonamides is 1. The Kier molecular flexibility index (Phi) is 5.98. The van der Waals surface area contributed by atoms with Gasteiger partial charge >= 0.3 is 0 Å². The van der Waals surface area contributed by atoms with Crippen molar-refractivity contribution >= 4 is 21.6 Å². The van der Waals surface area contributed by atoms with Crippen molar-refractivity contribution in [3.8, 4) is 0 Å². The minimum absolute atomic E-state index is 0.0332. The fraction of sp³-hybridized carbons (Fsp3) is 0.636. The van der Waals surface area contributed by atoms with E-state index in [-0.39, 0.29) is 10.2 Å². The summed E-state index contributed by atoms with van der Waals surface area (Å²) >= 11 is 5.50. The molecule has 0 saturated carbocycles. The second kappa shape index (κ2) is 7.01. The molecule has 5 nitrogen and oxygen atoms in total. The first-order chi connectivity index (χ1) is 8.42. The molecule has 1 aromatic rings. The molecule has 0 aliphatic heterocycles. The van der Waals surface area contributed by atoms with Crippen molar-refractivity contribution in [1.29, 1.82) is 0 Å². The maximum Gasteiger partial charge on any atom is 0.243 e. The fourth-order valence-electron chi connectivity index (χ4n) is 1.41. The summed E-state index contributed by atoms with van der Waals surface area (Å²) < 4.78 is 26.1. The van der Waals surface area contributed by atoms with Gasteiger partial charge in [-0.2, -0.15) is 0 Å². The van der Waals surface area contributed by atoms with Crippen LogP contribution in [0.25, 0.3) is 0 Å². The second-order valence-electron chi connectivity index (χ2n) is 4.48. The molecule has 0 aliphatic carbocycles. The third-order valence-corrected chi connectivity index (χ3v) is 4.02. The lowest BCUT2D eigenvalue weighted by Gasteiger charge is -2.07. The summed E-state index contributed by atoms with van der Waals surface area (Å²) in [5.74, 6) is 0.645. The maximum atomic E-state index is 11.8. The van der Waals surface area contributed by atoms with E-state index >= 15 is 0 Å². The highest BCUT2D eigenvalue weighted by Gasteiger charge is 2.14. The highest BCUT2D eigenvalue weighted by molar-refractivity contribution is 7.89. The van der Waals surface area contributed by atoms with Crippen LogP contribution in [0.1, 0.15) is 33.1 Å². The first kappa shape index (κ1) is 15.3. The highest BCUT2D eigenvalue weighted by Crippen LogP contribution is 2.09. The van der Waals surface area contributed by atoms with E-state index in [1.165, 1.54) is 12.4 Å². The normalized spacial score (nSPS) is 12.0. The number of hydrogen-bond acceptors (Lipinski definition) is 4. The lowest BCUT2D eigenvalue weighted by Crippen LogP contribution is -2.25. The molecule has 1 rings (SSSR count). The van der Waals surface area contributed by atoms with Gasteiger partial charge in [0.1, 0.15) is 4.90 Å². The number of unbranched alkanes of at least 4 members (excludes halogenated alkanes) is 1. The lowest BCUT2D eigenvalue weighted by atomic mass is 10.1. The van der Waals surface area contributed by atoms with E-state index in [1.54, 1.807) is 0 Å². The Morgan fingerprint density at radius 1 is 1.28 bits per heavy atom. The van der Waals surface area contributed by atoms with Crippen molar-refractivity contribution in [3.05, 3.63) is 17.7 Å². The van der Waals surface area contributed by atoms with E-state index in [2.05, 4.69) is 28.5 Å². The molecule has 0 fully saturated rings. The Hall–Kier alpha value is -0.720. The average molecular weight is 292 g/mol. The molecule has 0 saturated heterocycles. The van der Waals surface area contributed by atoms with Gasteiger partial charge < -0.3 is 0 Å². The van der Waals surface area contributed by atoms with Gasteiger partial charge in [-0.15, -0.1) is 0 Å². The van der Waals surface area contributed by atoms with Crippen LogP contribution >= 0.6 is 11.6 Å². The Bertz CT molecular complexity index is 460. The Morgan fingerprint density at radius 2 is 1.89 bits per heavy atom. The quantitative estimate of drug-likeness (QED) is 0.618. The molecule has 0 spiro atoms. The molecule has 0 aliphatic rings. The van der Waals surface area contributed by atoms with Gasteiger partial charge in [-0.1, -0.05) is 26.7 Å². The van der Waals surface area contributed by atoms with Crippen LogP contribution in [0, 0.1) is 5.92 Å². The summed E-state index contributed by atoms with van der Waals surface area (Å²) in [5, 5.41) is 0.0332. The molecular weight excluding hydrogens is 274 g/mol. The number of halogens is 1. The largest absolute Gasteiger partial charge is 0.243 e. The molecule has 102 valence electrons. The molecule has 0 aromatic carbocycles. The van der Waals surface area contributed by atoms with E-state index in [1.807, 2.05) is 0 Å². The third kappa shape index (κ3) is 5.29. The highest BCUT2D eigenvalue weighted by atomic mass is 35.5. The molecule has 1 aromatic heterocycles. The van der Waals surface area contributed by atoms with Gasteiger partial charge in [-0.3, -0.25) is 0 Å². The monoisotopic (exact) mass is 291 g/mol. The van der Waals surface area contributed by atoms with Crippen molar-refractivity contribution in [3.63, 3.8) is 0 Å². The summed E-state index contributed by atoms with van der Waals surface area (Å²) in [6.45, 7) is 4.72. The number of nitrogens with zero attached hydrogens (tertiary/aromatic N) is 2. The van der Waals surface area contributed by atoms with E-state index < -0.39 is 10.0 Å². The van der Waals surface area contributed by atoms with Crippen LogP contribution in [0.2, 0.25) is 5.28 Å². The van der Waals surface area contributed by atoms with Crippen LogP contribution in [-0.4, -0.2) is 24.9 Å². The van der Waals surface area contributed by atoms with Crippen LogP contribution in [0.4, 0.5) is 0 Å². The van der Waals surface area contributed by atoms with E-state index in [0.29, 0.717) is 12.5 Å². The number of rotatable bonds is 7. The van der Waals surface area contributed by atoms with Crippen LogP contribution in [0.5, 0.6) is 0 Å². The van der Waals surface area contributed by atoms with Gasteiger partial charge in [0.25, 0.3) is 0 Å². The van der Waals surface area contributed by atoms with Crippen molar-refractivity contribution in [2.75, 3.05) is 6.54 Å². The van der Waals surface area contributed by atoms with E-state index in [0.717, 1.165) is 19.3 Å². The molecule has 1 N–H and O–H groups in total. The SMILES string of the molecule is CC(C)CCCCNS(=O)(=O)c1cnc(Cl)nc1. The van der Waals surface area contributed by atoms with Crippen LogP contribution in [0.3, 0.4) is 0 Å². The summed E-state index contributed by atoms with van der Waals surface area (Å²) in [5.41, 5.74) is 0. The molecule has 0 radical (unpaired) electrons. The van der Waals surface area contributed by atoms with Gasteiger partial charge in [0.2, 0.25) is 15.3 Å². The standard InChI is InChI=1S/C11H18ClN3O2S/c1-9(2)5-3-4-6-15-18(16,17)10-7-13-11(12)14-8-10/h7-9,15H,3-6H2,1-2H3. The molecule has 7 heteroatoms. The fourth-order valence-corrected chi connectivity index (χ4v) is 2.47. The topological polar surface area (TPSA) is 72.0 Å². The predicted molar refractivity (Wildman–Crippen MR) is 70.9 cm³/mol. The molecule has 0 amide bonds. The lowest BCUT2D eigenvalue weighted by molar-refractivity contribution is 0.530. The molecule has 0 atom stereocenters. The Morgan fingerprint density at radius 3 is 2.44 bits per heavy atom. The Labute approximate surface area is 113 Å². The molecule has 1 heterocycles. The smallest absolute Gasteiger partial charge is 0.225 e. The average Bonchev–Trinajstić information content (AvgIpc) is 2.28. The molecule has 0 bridgehead atoms. The van der Waals surface area contributed by atoms with Crippen LogP contribution in [0.15, 0.2) is 17.3 Å². The minimum atomic E-state index is -3.51. The van der Waals surface area contributed by atoms with Crippen LogP contribution < -0.4 is 4.72 Å². The van der Waals surface area contributed by atoms with Gasteiger partial charge in [0, 0.05) is 6.54 Å². The summed E-state index contributed by atoms with van der Waals surface area (Å²) in [6, 6.07) is 0. The van der Waals surface area contributed by atoms with E-state index in [9.17, 15) is 8.42 Å². The van der Waals surface area contributed by atoms with Gasteiger partial charge in [-0.25, -0.2) is 23.1 Å². The number of hydrogen-bond donors (Lipinski definition) is 1. The minimum Gasteiger partial charge on any atom is -0.225 e. The van der Waals surface area contributed by atoms with Crippen LogP contribution in [-0.2, 0) is 10.0 Å². The van der Waals surface area contributed by atoms with Gasteiger partial charge in [-0.05, 0) is 23.9 Å². The van der Waals surface area contributed by atoms with Crippen molar-refractivity contribution in [2.24, 2.45) is 5.92 Å². The van der Waals surface area contributed by atoms with E-state index in [4.69, 9.17) is 11.6 Å². The molecular formula is C11H18ClN3O2S. The first-order valence-corrected chi connectivity index (χ1v) is 7.75. The zero-order valence-corrected chi connectivity index (χ0v) is 12.1. The first-order valence-electron chi connectivity index (χ1n) is 5.89. The number of nitrogens with one attached hydrogen (secondary N) is 1. The van der Waals surface area contributed by atoms with Gasteiger partial charge in [0.05, 0.1) is 12.4 Å². The zero-order chi connectivity index (χ0) is 13.6. The van der Waals surface area contributed by atoms with Crippen molar-refractivity contribution < 1.29 is 8.42 Å². The van der Waals surface area contributed by atoms with Gasteiger partial charge in [0.15, 0.2) is 0 Å². The molecule has 0 unspecified atom stereocenters. The number of aromatic nitrogens is 2. The summed E-state index contributed by atoms with van der Waals surface area (Å²) in [4.78, 5) is 7.33. The molecule has 18 heavy (non-hydrogen) atoms. The Balaban J connectivity index is 2.43.